The van der Waals surface area contributed by atoms with Crippen molar-refractivity contribution in [1.82, 2.24) is 10.2 Å². The molecule has 1 spiro atoms. The van der Waals surface area contributed by atoms with Crippen molar-refractivity contribution in [3.05, 3.63) is 0 Å². The Labute approximate surface area is 125 Å². The molecule has 3 aliphatic rings. The van der Waals surface area contributed by atoms with Gasteiger partial charge in [0.05, 0.1) is 19.2 Å². The smallest absolute Gasteiger partial charge is 0.329 e. The van der Waals surface area contributed by atoms with Gasteiger partial charge in [-0.2, -0.15) is 0 Å². The van der Waals surface area contributed by atoms with Crippen LogP contribution in [0.4, 0.5) is 4.79 Å². The lowest BCUT2D eigenvalue weighted by Crippen LogP contribution is -3.14. The molecule has 2 saturated heterocycles. The van der Waals surface area contributed by atoms with Crippen LogP contribution in [-0.2, 0) is 4.79 Å². The minimum Gasteiger partial charge on any atom is -0.393 e. The van der Waals surface area contributed by atoms with E-state index in [4.69, 9.17) is 0 Å². The Hall–Kier alpha value is -1.14. The maximum Gasteiger partial charge on any atom is 0.329 e. The summed E-state index contributed by atoms with van der Waals surface area (Å²) in [7, 11) is 0. The summed E-state index contributed by atoms with van der Waals surface area (Å²) in [5.74, 6) is 0.613. The highest BCUT2D eigenvalue weighted by molar-refractivity contribution is 6.06. The number of rotatable bonds is 2. The number of carbonyl (C=O) groups excluding carboxylic acids is 2. The van der Waals surface area contributed by atoms with Gasteiger partial charge in [0.1, 0.15) is 5.54 Å². The molecule has 0 radical (unpaired) electrons. The zero-order valence-corrected chi connectivity index (χ0v) is 12.7. The lowest BCUT2D eigenvalue weighted by molar-refractivity contribution is -0.913. The number of aliphatic hydroxyl groups is 1. The van der Waals surface area contributed by atoms with Crippen molar-refractivity contribution in [2.45, 2.75) is 57.1 Å². The maximum atomic E-state index is 12.7. The van der Waals surface area contributed by atoms with Gasteiger partial charge in [0.2, 0.25) is 0 Å². The molecule has 6 heteroatoms. The molecule has 3 amide bonds. The van der Waals surface area contributed by atoms with Gasteiger partial charge >= 0.3 is 6.03 Å². The van der Waals surface area contributed by atoms with Gasteiger partial charge in [0, 0.05) is 12.8 Å². The molecule has 1 aliphatic carbocycles. The first-order valence-corrected chi connectivity index (χ1v) is 8.16. The molecule has 1 saturated carbocycles. The summed E-state index contributed by atoms with van der Waals surface area (Å²) in [5, 5.41) is 12.5. The van der Waals surface area contributed by atoms with Gasteiger partial charge in [-0.1, -0.05) is 6.92 Å². The molecule has 3 rings (SSSR count). The van der Waals surface area contributed by atoms with Crippen molar-refractivity contribution in [1.29, 1.82) is 0 Å². The van der Waals surface area contributed by atoms with E-state index in [9.17, 15) is 14.7 Å². The average Bonchev–Trinajstić information content (AvgIpc) is 2.69. The van der Waals surface area contributed by atoms with Crippen LogP contribution in [0.25, 0.3) is 0 Å². The summed E-state index contributed by atoms with van der Waals surface area (Å²) < 4.78 is 0. The Bertz CT molecular complexity index is 424. The molecule has 21 heavy (non-hydrogen) atoms. The normalized spacial score (nSPS) is 40.7. The van der Waals surface area contributed by atoms with Crippen LogP contribution < -0.4 is 10.2 Å². The lowest BCUT2D eigenvalue weighted by atomic mass is 9.77. The first-order chi connectivity index (χ1) is 10.00. The quantitative estimate of drug-likeness (QED) is 0.601. The van der Waals surface area contributed by atoms with E-state index in [1.54, 1.807) is 0 Å². The van der Waals surface area contributed by atoms with Crippen LogP contribution in [0.1, 0.15) is 45.4 Å². The Morgan fingerprint density at radius 1 is 1.24 bits per heavy atom. The fourth-order valence-corrected chi connectivity index (χ4v) is 3.81. The zero-order valence-electron chi connectivity index (χ0n) is 12.7. The number of likely N-dealkylation sites (tertiary alicyclic amines) is 1. The SMILES string of the molecule is CC1CCC2(CC1)NC(=O)N(C[NH+]1CCC(O)CC1)C2=O. The lowest BCUT2D eigenvalue weighted by Gasteiger charge is -2.34. The largest absolute Gasteiger partial charge is 0.393 e. The maximum absolute atomic E-state index is 12.7. The van der Waals surface area contributed by atoms with E-state index < -0.39 is 5.54 Å². The van der Waals surface area contributed by atoms with E-state index in [0.29, 0.717) is 12.6 Å². The minimum absolute atomic E-state index is 0.0296. The fraction of sp³-hybridized carbons (Fsp3) is 0.867. The van der Waals surface area contributed by atoms with Crippen molar-refractivity contribution in [2.75, 3.05) is 19.8 Å². The molecule has 6 nitrogen and oxygen atoms in total. The van der Waals surface area contributed by atoms with Crippen molar-refractivity contribution in [2.24, 2.45) is 5.92 Å². The predicted molar refractivity (Wildman–Crippen MR) is 76.5 cm³/mol. The number of quaternary nitrogens is 1. The third-order valence-electron chi connectivity index (χ3n) is 5.42. The molecule has 0 aromatic rings. The van der Waals surface area contributed by atoms with Crippen LogP contribution in [0.3, 0.4) is 0 Å². The highest BCUT2D eigenvalue weighted by atomic mass is 16.3. The van der Waals surface area contributed by atoms with Crippen molar-refractivity contribution >= 4 is 11.9 Å². The molecule has 3 fully saturated rings. The van der Waals surface area contributed by atoms with Crippen LogP contribution in [0.15, 0.2) is 0 Å². The molecule has 0 aromatic heterocycles. The van der Waals surface area contributed by atoms with E-state index >= 15 is 0 Å². The van der Waals surface area contributed by atoms with E-state index in [1.165, 1.54) is 9.80 Å². The van der Waals surface area contributed by atoms with Crippen LogP contribution in [0, 0.1) is 5.92 Å². The molecule has 3 N–H and O–H groups in total. The third kappa shape index (κ3) is 2.79. The number of nitrogens with zero attached hydrogens (tertiary/aromatic N) is 1. The number of urea groups is 1. The van der Waals surface area contributed by atoms with Gasteiger partial charge in [-0.05, 0) is 31.6 Å². The summed E-state index contributed by atoms with van der Waals surface area (Å²) in [4.78, 5) is 27.5. The second-order valence-electron chi connectivity index (χ2n) is 7.07. The molecule has 118 valence electrons. The zero-order chi connectivity index (χ0) is 15.0. The number of imide groups is 1. The Kier molecular flexibility index (Phi) is 3.92. The summed E-state index contributed by atoms with van der Waals surface area (Å²) >= 11 is 0. The van der Waals surface area contributed by atoms with Crippen LogP contribution in [0.2, 0.25) is 0 Å². The number of aliphatic hydroxyl groups excluding tert-OH is 1. The first-order valence-electron chi connectivity index (χ1n) is 8.16. The second kappa shape index (κ2) is 5.57. The molecular weight excluding hydrogens is 270 g/mol. The summed E-state index contributed by atoms with van der Waals surface area (Å²) in [5.41, 5.74) is -0.627. The minimum atomic E-state index is -0.627. The Balaban J connectivity index is 1.64. The van der Waals surface area contributed by atoms with E-state index in [2.05, 4.69) is 12.2 Å². The standard InChI is InChI=1S/C15H25N3O3/c1-11-2-6-15(7-3-11)13(20)18(14(21)16-15)10-17-8-4-12(19)5-9-17/h11-12,19H,2-10H2,1H3,(H,16,21)/p+1. The van der Waals surface area contributed by atoms with Crippen molar-refractivity contribution in [3.8, 4) is 0 Å². The monoisotopic (exact) mass is 296 g/mol. The van der Waals surface area contributed by atoms with E-state index in [1.807, 2.05) is 0 Å². The first kappa shape index (κ1) is 14.8. The van der Waals surface area contributed by atoms with Crippen molar-refractivity contribution in [3.63, 3.8) is 0 Å². The van der Waals surface area contributed by atoms with E-state index in [0.717, 1.165) is 51.6 Å². The third-order valence-corrected chi connectivity index (χ3v) is 5.42. The van der Waals surface area contributed by atoms with Crippen LogP contribution in [-0.4, -0.2) is 53.3 Å². The van der Waals surface area contributed by atoms with Gasteiger partial charge in [-0.3, -0.25) is 4.79 Å². The number of carbonyl (C=O) groups is 2. The highest BCUT2D eigenvalue weighted by Gasteiger charge is 2.53. The number of piperidine rings is 1. The topological polar surface area (TPSA) is 74.1 Å². The number of nitrogens with one attached hydrogen (secondary N) is 2. The summed E-state index contributed by atoms with van der Waals surface area (Å²) in [6.45, 7) is 4.29. The van der Waals surface area contributed by atoms with Crippen LogP contribution in [0.5, 0.6) is 0 Å². The average molecular weight is 296 g/mol. The molecule has 2 aliphatic heterocycles. The Morgan fingerprint density at radius 3 is 2.48 bits per heavy atom. The number of hydrogen-bond acceptors (Lipinski definition) is 3. The van der Waals surface area contributed by atoms with Gasteiger partial charge in [0.25, 0.3) is 5.91 Å². The molecule has 0 aromatic carbocycles. The highest BCUT2D eigenvalue weighted by Crippen LogP contribution is 2.35. The second-order valence-corrected chi connectivity index (χ2v) is 7.07. The van der Waals surface area contributed by atoms with Gasteiger partial charge in [0.15, 0.2) is 6.67 Å². The number of hydrogen-bond donors (Lipinski definition) is 3. The van der Waals surface area contributed by atoms with Gasteiger partial charge < -0.3 is 15.3 Å². The van der Waals surface area contributed by atoms with Crippen molar-refractivity contribution < 1.29 is 19.6 Å². The Morgan fingerprint density at radius 2 is 1.86 bits per heavy atom. The molecule has 0 atom stereocenters. The molecular formula is C15H26N3O3+. The summed E-state index contributed by atoms with van der Waals surface area (Å²) in [6, 6.07) is -0.229. The fourth-order valence-electron chi connectivity index (χ4n) is 3.81. The molecule has 0 unspecified atom stereocenters. The molecule has 0 bridgehead atoms. The van der Waals surface area contributed by atoms with Gasteiger partial charge in [-0.15, -0.1) is 0 Å². The van der Waals surface area contributed by atoms with Gasteiger partial charge in [-0.25, -0.2) is 9.69 Å². The summed E-state index contributed by atoms with van der Waals surface area (Å²) in [6.07, 6.45) is 4.82. The van der Waals surface area contributed by atoms with E-state index in [-0.39, 0.29) is 18.0 Å². The van der Waals surface area contributed by atoms with Crippen LogP contribution >= 0.6 is 0 Å². The number of amides is 3. The predicted octanol–water partition coefficient (Wildman–Crippen LogP) is -0.516. The molecule has 2 heterocycles.